The minimum atomic E-state index is -0.504. The third-order valence-electron chi connectivity index (χ3n) is 5.88. The zero-order valence-electron chi connectivity index (χ0n) is 17.6. The monoisotopic (exact) mass is 443 g/mol. The number of benzene rings is 1. The van der Waals surface area contributed by atoms with Crippen LogP contribution in [-0.4, -0.2) is 47.1 Å². The van der Waals surface area contributed by atoms with Crippen LogP contribution in [-0.2, 0) is 6.42 Å². The zero-order valence-corrected chi connectivity index (χ0v) is 17.6. The highest BCUT2D eigenvalue weighted by Gasteiger charge is 2.38. The second-order valence-electron chi connectivity index (χ2n) is 7.93. The number of aromatic nitrogens is 6. The first kappa shape index (κ1) is 19.4. The van der Waals surface area contributed by atoms with Crippen molar-refractivity contribution in [1.29, 1.82) is 0 Å². The van der Waals surface area contributed by atoms with Crippen LogP contribution in [0.25, 0.3) is 17.0 Å². The molecule has 1 amide bonds. The van der Waals surface area contributed by atoms with Crippen molar-refractivity contribution in [3.8, 4) is 11.5 Å². The van der Waals surface area contributed by atoms with Gasteiger partial charge in [0.1, 0.15) is 11.9 Å². The molecular formula is C23H18FN7O2. The summed E-state index contributed by atoms with van der Waals surface area (Å²) in [5.41, 5.74) is 4.53. The molecule has 10 heteroatoms. The molecule has 0 fully saturated rings. The Bertz CT molecular complexity index is 1470. The highest BCUT2D eigenvalue weighted by molar-refractivity contribution is 5.90. The summed E-state index contributed by atoms with van der Waals surface area (Å²) in [6.07, 6.45) is 4.10. The van der Waals surface area contributed by atoms with Crippen LogP contribution in [0.3, 0.4) is 0 Å². The standard InChI is InChI=1S/C23H18FN7O2/c1-13-10-14(24)5-6-16(13)21-27-28-22(33-21)23(32)30-9-7-17-19(26-12-25-17)20(30)18-11-15-4-2-3-8-31(15)29-18/h2-6,8,10-12,20H,7,9H2,1H3,(H,25,26). The molecule has 0 saturated carbocycles. The van der Waals surface area contributed by atoms with Crippen molar-refractivity contribution < 1.29 is 13.6 Å². The largest absolute Gasteiger partial charge is 0.412 e. The van der Waals surface area contributed by atoms with Gasteiger partial charge in [0.05, 0.1) is 23.2 Å². The maximum Gasteiger partial charge on any atom is 0.312 e. The molecule has 4 aromatic heterocycles. The summed E-state index contributed by atoms with van der Waals surface area (Å²) in [6.45, 7) is 2.17. The number of nitrogens with zero attached hydrogens (tertiary/aromatic N) is 6. The van der Waals surface area contributed by atoms with Gasteiger partial charge in [-0.05, 0) is 48.9 Å². The lowest BCUT2D eigenvalue weighted by Crippen LogP contribution is -2.41. The number of nitrogens with one attached hydrogen (secondary N) is 1. The third kappa shape index (κ3) is 3.18. The van der Waals surface area contributed by atoms with Gasteiger partial charge in [-0.2, -0.15) is 5.10 Å². The van der Waals surface area contributed by atoms with Crippen molar-refractivity contribution in [3.05, 3.63) is 89.3 Å². The second kappa shape index (κ2) is 7.37. The Labute approximate surface area is 186 Å². The third-order valence-corrected chi connectivity index (χ3v) is 5.88. The van der Waals surface area contributed by atoms with Crippen LogP contribution in [0.2, 0.25) is 0 Å². The summed E-state index contributed by atoms with van der Waals surface area (Å²) in [6, 6.07) is 11.5. The number of aromatic amines is 1. The number of amides is 1. The van der Waals surface area contributed by atoms with E-state index in [1.807, 2.05) is 30.5 Å². The lowest BCUT2D eigenvalue weighted by Gasteiger charge is -2.32. The van der Waals surface area contributed by atoms with Crippen molar-refractivity contribution in [1.82, 2.24) is 34.7 Å². The van der Waals surface area contributed by atoms with E-state index in [2.05, 4.69) is 25.3 Å². The van der Waals surface area contributed by atoms with Crippen molar-refractivity contribution in [3.63, 3.8) is 0 Å². The highest BCUT2D eigenvalue weighted by atomic mass is 19.1. The molecule has 6 rings (SSSR count). The molecule has 33 heavy (non-hydrogen) atoms. The van der Waals surface area contributed by atoms with Gasteiger partial charge in [0.15, 0.2) is 0 Å². The van der Waals surface area contributed by atoms with E-state index >= 15 is 0 Å². The Morgan fingerprint density at radius 3 is 2.97 bits per heavy atom. The van der Waals surface area contributed by atoms with E-state index in [9.17, 15) is 9.18 Å². The Balaban J connectivity index is 1.39. The summed E-state index contributed by atoms with van der Waals surface area (Å²) in [4.78, 5) is 22.8. The highest BCUT2D eigenvalue weighted by Crippen LogP contribution is 2.34. The summed E-state index contributed by atoms with van der Waals surface area (Å²) < 4.78 is 21.0. The molecule has 0 spiro atoms. The first-order chi connectivity index (χ1) is 16.1. The van der Waals surface area contributed by atoms with E-state index in [1.54, 1.807) is 28.7 Å². The van der Waals surface area contributed by atoms with Crippen LogP contribution in [0.15, 0.2) is 59.4 Å². The lowest BCUT2D eigenvalue weighted by atomic mass is 9.99. The summed E-state index contributed by atoms with van der Waals surface area (Å²) in [5, 5.41) is 12.7. The molecule has 1 aliphatic rings. The molecule has 0 saturated heterocycles. The first-order valence-electron chi connectivity index (χ1n) is 10.5. The normalized spacial score (nSPS) is 15.7. The summed E-state index contributed by atoms with van der Waals surface area (Å²) in [5.74, 6) is -0.742. The van der Waals surface area contributed by atoms with Crippen LogP contribution in [0, 0.1) is 12.7 Å². The maximum absolute atomic E-state index is 13.5. The van der Waals surface area contributed by atoms with Crippen LogP contribution in [0.4, 0.5) is 4.39 Å². The number of H-pyrrole nitrogens is 1. The molecule has 0 radical (unpaired) electrons. The summed E-state index contributed by atoms with van der Waals surface area (Å²) >= 11 is 0. The second-order valence-corrected chi connectivity index (χ2v) is 7.93. The molecule has 1 aromatic carbocycles. The molecule has 1 unspecified atom stereocenters. The molecule has 0 aliphatic carbocycles. The van der Waals surface area contributed by atoms with Gasteiger partial charge < -0.3 is 14.3 Å². The lowest BCUT2D eigenvalue weighted by molar-refractivity contribution is 0.0646. The Hall–Kier alpha value is -4.34. The smallest absolute Gasteiger partial charge is 0.312 e. The number of hydrogen-bond donors (Lipinski definition) is 1. The van der Waals surface area contributed by atoms with E-state index in [-0.39, 0.29) is 17.6 Å². The minimum Gasteiger partial charge on any atom is -0.412 e. The number of pyridine rings is 1. The van der Waals surface area contributed by atoms with E-state index < -0.39 is 11.9 Å². The average molecular weight is 443 g/mol. The fraction of sp³-hybridized carbons (Fsp3) is 0.174. The fourth-order valence-corrected chi connectivity index (χ4v) is 4.29. The van der Waals surface area contributed by atoms with Crippen LogP contribution in [0.5, 0.6) is 0 Å². The number of aryl methyl sites for hydroxylation is 1. The number of rotatable bonds is 3. The minimum absolute atomic E-state index is 0.138. The fourth-order valence-electron chi connectivity index (χ4n) is 4.29. The van der Waals surface area contributed by atoms with Gasteiger partial charge in [0.25, 0.3) is 0 Å². The van der Waals surface area contributed by atoms with E-state index in [0.717, 1.165) is 16.9 Å². The molecule has 5 aromatic rings. The molecule has 9 nitrogen and oxygen atoms in total. The SMILES string of the molecule is Cc1cc(F)ccc1-c1nnc(C(=O)N2CCc3[nH]cnc3C2c2cc3ccccn3n2)o1. The number of fused-ring (bicyclic) bond motifs is 2. The van der Waals surface area contributed by atoms with Gasteiger partial charge in [-0.1, -0.05) is 6.07 Å². The van der Waals surface area contributed by atoms with Crippen molar-refractivity contribution >= 4 is 11.4 Å². The van der Waals surface area contributed by atoms with E-state index in [4.69, 9.17) is 4.42 Å². The Morgan fingerprint density at radius 1 is 1.21 bits per heavy atom. The quantitative estimate of drug-likeness (QED) is 0.459. The number of imidazole rings is 1. The molecule has 164 valence electrons. The van der Waals surface area contributed by atoms with Crippen LogP contribution >= 0.6 is 0 Å². The average Bonchev–Trinajstić information content (AvgIpc) is 3.56. The topological polar surface area (TPSA) is 105 Å². The number of hydrogen-bond acceptors (Lipinski definition) is 6. The number of halogens is 1. The van der Waals surface area contributed by atoms with Gasteiger partial charge in [-0.25, -0.2) is 13.9 Å². The van der Waals surface area contributed by atoms with Gasteiger partial charge in [-0.3, -0.25) is 4.79 Å². The molecule has 0 bridgehead atoms. The van der Waals surface area contributed by atoms with Gasteiger partial charge >= 0.3 is 11.8 Å². The number of carbonyl (C=O) groups excluding carboxylic acids is 1. The van der Waals surface area contributed by atoms with Crippen molar-refractivity contribution in [2.24, 2.45) is 0 Å². The van der Waals surface area contributed by atoms with Gasteiger partial charge in [0.2, 0.25) is 5.89 Å². The van der Waals surface area contributed by atoms with E-state index in [1.165, 1.54) is 12.1 Å². The Morgan fingerprint density at radius 2 is 2.12 bits per heavy atom. The predicted octanol–water partition coefficient (Wildman–Crippen LogP) is 3.34. The first-order valence-corrected chi connectivity index (χ1v) is 10.5. The van der Waals surface area contributed by atoms with E-state index in [0.29, 0.717) is 29.8 Å². The zero-order chi connectivity index (χ0) is 22.5. The maximum atomic E-state index is 13.5. The van der Waals surface area contributed by atoms with Gasteiger partial charge in [0, 0.05) is 30.4 Å². The summed E-state index contributed by atoms with van der Waals surface area (Å²) in [7, 11) is 0. The van der Waals surface area contributed by atoms with Crippen LogP contribution < -0.4 is 0 Å². The number of carbonyl (C=O) groups is 1. The molecule has 1 N–H and O–H groups in total. The molecular weight excluding hydrogens is 425 g/mol. The predicted molar refractivity (Wildman–Crippen MR) is 115 cm³/mol. The van der Waals surface area contributed by atoms with Crippen molar-refractivity contribution in [2.45, 2.75) is 19.4 Å². The molecule has 5 heterocycles. The molecule has 1 atom stereocenters. The molecule has 1 aliphatic heterocycles. The van der Waals surface area contributed by atoms with Crippen LogP contribution in [0.1, 0.15) is 39.4 Å². The van der Waals surface area contributed by atoms with Crippen molar-refractivity contribution in [2.75, 3.05) is 6.54 Å². The Kier molecular flexibility index (Phi) is 4.32. The van der Waals surface area contributed by atoms with Gasteiger partial charge in [-0.15, -0.1) is 10.2 Å².